The van der Waals surface area contributed by atoms with Gasteiger partial charge < -0.3 is 15.1 Å². The fraction of sp³-hybridized carbons (Fsp3) is 0.389. The molecule has 130 valence electrons. The Morgan fingerprint density at radius 3 is 2.54 bits per heavy atom. The molecule has 0 aliphatic heterocycles. The van der Waals surface area contributed by atoms with Crippen LogP contribution >= 0.6 is 15.9 Å². The number of anilines is 1. The zero-order valence-corrected chi connectivity index (χ0v) is 15.8. The fourth-order valence-electron chi connectivity index (χ4n) is 2.43. The van der Waals surface area contributed by atoms with Crippen molar-refractivity contribution in [3.63, 3.8) is 0 Å². The molecule has 2 aromatic rings. The lowest BCUT2D eigenvalue weighted by Gasteiger charge is -2.24. The minimum atomic E-state index is -0.00303. The Morgan fingerprint density at radius 2 is 1.96 bits per heavy atom. The summed E-state index contributed by atoms with van der Waals surface area (Å²) >= 11 is 3.38. The number of nitrogens with one attached hydrogen (secondary N) is 2. The Hall–Kier alpha value is -1.63. The van der Waals surface area contributed by atoms with Gasteiger partial charge in [0.1, 0.15) is 5.76 Å². The lowest BCUT2D eigenvalue weighted by molar-refractivity contribution is -0.116. The average molecular weight is 394 g/mol. The van der Waals surface area contributed by atoms with Crippen LogP contribution < -0.4 is 10.6 Å². The van der Waals surface area contributed by atoms with E-state index in [9.17, 15) is 4.79 Å². The predicted octanol–water partition coefficient (Wildman–Crippen LogP) is 3.65. The fourth-order valence-corrected chi connectivity index (χ4v) is 2.69. The van der Waals surface area contributed by atoms with Crippen LogP contribution in [-0.2, 0) is 4.79 Å². The molecule has 0 bridgehead atoms. The van der Waals surface area contributed by atoms with Crippen LogP contribution in [0.2, 0.25) is 0 Å². The normalized spacial score (nSPS) is 13.7. The molecule has 1 amide bonds. The number of hydrogen-bond donors (Lipinski definition) is 2. The van der Waals surface area contributed by atoms with Crippen LogP contribution in [0.15, 0.2) is 51.6 Å². The van der Waals surface area contributed by atoms with Crippen molar-refractivity contribution in [3.05, 3.63) is 52.9 Å². The van der Waals surface area contributed by atoms with E-state index in [0.717, 1.165) is 15.9 Å². The predicted molar refractivity (Wildman–Crippen MR) is 100.0 cm³/mol. The summed E-state index contributed by atoms with van der Waals surface area (Å²) < 4.78 is 6.48. The molecule has 0 aliphatic carbocycles. The van der Waals surface area contributed by atoms with Gasteiger partial charge in [-0.1, -0.05) is 15.9 Å². The number of nitrogens with zero attached hydrogens (tertiary/aromatic N) is 1. The Kier molecular flexibility index (Phi) is 7.02. The number of halogens is 1. The summed E-state index contributed by atoms with van der Waals surface area (Å²) in [4.78, 5) is 14.2. The van der Waals surface area contributed by atoms with Crippen molar-refractivity contribution in [1.82, 2.24) is 10.2 Å². The standard InChI is InChI=1S/C18H24BrN3O2/c1-13(11-18(23)21-15-8-6-14(19)7-9-15)20-12-16(22(2)3)17-5-4-10-24-17/h4-10,13,16,20H,11-12H2,1-3H3,(H,21,23). The zero-order valence-electron chi connectivity index (χ0n) is 14.3. The minimum Gasteiger partial charge on any atom is -0.468 e. The Morgan fingerprint density at radius 1 is 1.25 bits per heavy atom. The van der Waals surface area contributed by atoms with Crippen molar-refractivity contribution in [3.8, 4) is 0 Å². The van der Waals surface area contributed by atoms with Crippen LogP contribution in [0.1, 0.15) is 25.1 Å². The van der Waals surface area contributed by atoms with E-state index in [1.165, 1.54) is 0 Å². The number of carbonyl (C=O) groups excluding carboxylic acids is 1. The van der Waals surface area contributed by atoms with Gasteiger partial charge in [-0.3, -0.25) is 9.69 Å². The molecule has 2 N–H and O–H groups in total. The Bertz CT molecular complexity index is 626. The van der Waals surface area contributed by atoms with Crippen LogP contribution in [0.4, 0.5) is 5.69 Å². The second-order valence-corrected chi connectivity index (χ2v) is 6.98. The molecule has 0 aliphatic rings. The Balaban J connectivity index is 1.80. The van der Waals surface area contributed by atoms with Crippen molar-refractivity contribution in [2.24, 2.45) is 0 Å². The number of amides is 1. The summed E-state index contributed by atoms with van der Waals surface area (Å²) in [5.74, 6) is 0.913. The van der Waals surface area contributed by atoms with Gasteiger partial charge in [0.05, 0.1) is 12.3 Å². The summed E-state index contributed by atoms with van der Waals surface area (Å²) in [6, 6.07) is 11.6. The van der Waals surface area contributed by atoms with Gasteiger partial charge in [-0.2, -0.15) is 0 Å². The third kappa shape index (κ3) is 5.78. The van der Waals surface area contributed by atoms with Gasteiger partial charge >= 0.3 is 0 Å². The summed E-state index contributed by atoms with van der Waals surface area (Å²) in [6.07, 6.45) is 2.09. The molecular formula is C18H24BrN3O2. The molecule has 24 heavy (non-hydrogen) atoms. The van der Waals surface area contributed by atoms with E-state index in [2.05, 4.69) is 31.5 Å². The van der Waals surface area contributed by atoms with E-state index in [0.29, 0.717) is 13.0 Å². The zero-order chi connectivity index (χ0) is 17.5. The monoisotopic (exact) mass is 393 g/mol. The summed E-state index contributed by atoms with van der Waals surface area (Å²) in [7, 11) is 4.03. The van der Waals surface area contributed by atoms with Crippen molar-refractivity contribution in [2.45, 2.75) is 25.4 Å². The summed E-state index contributed by atoms with van der Waals surface area (Å²) in [6.45, 7) is 2.73. The van der Waals surface area contributed by atoms with Gasteiger partial charge in [-0.15, -0.1) is 0 Å². The molecule has 0 radical (unpaired) electrons. The smallest absolute Gasteiger partial charge is 0.225 e. The lowest BCUT2D eigenvalue weighted by atomic mass is 10.1. The SMILES string of the molecule is CC(CC(=O)Nc1ccc(Br)cc1)NCC(c1ccco1)N(C)C. The van der Waals surface area contributed by atoms with Crippen molar-refractivity contribution < 1.29 is 9.21 Å². The van der Waals surface area contributed by atoms with Crippen LogP contribution in [0.3, 0.4) is 0 Å². The van der Waals surface area contributed by atoms with Crippen molar-refractivity contribution >= 4 is 27.5 Å². The molecule has 6 heteroatoms. The number of likely N-dealkylation sites (N-methyl/N-ethyl adjacent to an activating group) is 1. The molecule has 0 saturated heterocycles. The highest BCUT2D eigenvalue weighted by atomic mass is 79.9. The third-order valence-electron chi connectivity index (χ3n) is 3.77. The molecule has 1 aromatic heterocycles. The molecule has 2 atom stereocenters. The maximum Gasteiger partial charge on any atom is 0.225 e. The van der Waals surface area contributed by atoms with Crippen LogP contribution in [0.5, 0.6) is 0 Å². The molecule has 1 heterocycles. The first-order valence-electron chi connectivity index (χ1n) is 7.94. The highest BCUT2D eigenvalue weighted by Crippen LogP contribution is 2.18. The van der Waals surface area contributed by atoms with Gasteiger partial charge in [-0.25, -0.2) is 0 Å². The van der Waals surface area contributed by atoms with E-state index in [4.69, 9.17) is 4.42 Å². The number of furan rings is 1. The highest BCUT2D eigenvalue weighted by molar-refractivity contribution is 9.10. The first kappa shape index (κ1) is 18.7. The molecule has 5 nitrogen and oxygen atoms in total. The molecule has 2 unspecified atom stereocenters. The maximum atomic E-state index is 12.1. The summed E-state index contributed by atoms with van der Waals surface area (Å²) in [5, 5.41) is 6.32. The van der Waals surface area contributed by atoms with Crippen LogP contribution in [0, 0.1) is 0 Å². The maximum absolute atomic E-state index is 12.1. The van der Waals surface area contributed by atoms with E-state index in [-0.39, 0.29) is 18.0 Å². The van der Waals surface area contributed by atoms with E-state index in [1.54, 1.807) is 6.26 Å². The molecule has 0 spiro atoms. The van der Waals surface area contributed by atoms with Crippen LogP contribution in [0.25, 0.3) is 0 Å². The van der Waals surface area contributed by atoms with E-state index in [1.807, 2.05) is 57.4 Å². The van der Waals surface area contributed by atoms with Gasteiger partial charge in [0.15, 0.2) is 0 Å². The third-order valence-corrected chi connectivity index (χ3v) is 4.30. The number of carbonyl (C=O) groups is 1. The van der Waals surface area contributed by atoms with E-state index >= 15 is 0 Å². The molecule has 2 rings (SSSR count). The summed E-state index contributed by atoms with van der Waals surface area (Å²) in [5.41, 5.74) is 0.803. The first-order valence-corrected chi connectivity index (χ1v) is 8.73. The second-order valence-electron chi connectivity index (χ2n) is 6.06. The molecule has 1 aromatic carbocycles. The number of hydrogen-bond acceptors (Lipinski definition) is 4. The van der Waals surface area contributed by atoms with Gasteiger partial charge in [-0.05, 0) is 57.4 Å². The second kappa shape index (κ2) is 9.01. The van der Waals surface area contributed by atoms with Gasteiger partial charge in [0.25, 0.3) is 0 Å². The first-order chi connectivity index (χ1) is 11.5. The topological polar surface area (TPSA) is 57.5 Å². The van der Waals surface area contributed by atoms with Gasteiger partial charge in [0, 0.05) is 29.2 Å². The molecular weight excluding hydrogens is 370 g/mol. The highest BCUT2D eigenvalue weighted by Gasteiger charge is 2.18. The number of benzene rings is 1. The lowest BCUT2D eigenvalue weighted by Crippen LogP contribution is -2.37. The van der Waals surface area contributed by atoms with Crippen LogP contribution in [-0.4, -0.2) is 37.5 Å². The molecule has 0 saturated carbocycles. The Labute approximate surface area is 151 Å². The largest absolute Gasteiger partial charge is 0.468 e. The van der Waals surface area contributed by atoms with Crippen molar-refractivity contribution in [1.29, 1.82) is 0 Å². The van der Waals surface area contributed by atoms with E-state index < -0.39 is 0 Å². The number of rotatable bonds is 8. The van der Waals surface area contributed by atoms with Gasteiger partial charge in [0.2, 0.25) is 5.91 Å². The average Bonchev–Trinajstić information content (AvgIpc) is 3.03. The quantitative estimate of drug-likeness (QED) is 0.718. The van der Waals surface area contributed by atoms with Crippen molar-refractivity contribution in [2.75, 3.05) is 26.0 Å². The minimum absolute atomic E-state index is 0.00303. The molecule has 0 fully saturated rings.